The van der Waals surface area contributed by atoms with Crippen molar-refractivity contribution in [2.24, 2.45) is 5.10 Å². The number of ether oxygens (including phenoxy) is 1. The lowest BCUT2D eigenvalue weighted by Gasteiger charge is -2.25. The summed E-state index contributed by atoms with van der Waals surface area (Å²) < 4.78 is 40.4. The molecule has 0 radical (unpaired) electrons. The van der Waals surface area contributed by atoms with Crippen LogP contribution in [0.4, 0.5) is 18.9 Å². The summed E-state index contributed by atoms with van der Waals surface area (Å²) in [6, 6.07) is 10.8. The fraction of sp³-hybridized carbons (Fsp3) is 0.118. The summed E-state index contributed by atoms with van der Waals surface area (Å²) in [6.45, 7) is 4.06. The zero-order chi connectivity index (χ0) is 17.3. The van der Waals surface area contributed by atoms with Gasteiger partial charge in [0.1, 0.15) is 5.75 Å². The third-order valence-corrected chi connectivity index (χ3v) is 3.51. The number of hydrazone groups is 1. The van der Waals surface area contributed by atoms with E-state index in [1.807, 2.05) is 12.1 Å². The first-order valence-electron chi connectivity index (χ1n) is 7.02. The SMILES string of the molecule is C=Cc1ccc2c(c1)C(O)=NN(c1ccc(OC(F)(F)F)cc1)C2. The lowest BCUT2D eigenvalue weighted by Crippen LogP contribution is -2.25. The van der Waals surface area contributed by atoms with E-state index in [1.165, 1.54) is 29.3 Å². The number of rotatable bonds is 3. The standard InChI is InChI=1S/C17H13F3N2O2/c1-2-11-3-4-12-10-22(21-16(23)15(12)9-11)13-5-7-14(8-6-13)24-17(18,19)20/h2-9H,1,10H2,(H,21,23). The van der Waals surface area contributed by atoms with Crippen LogP contribution in [0.15, 0.2) is 54.1 Å². The summed E-state index contributed by atoms with van der Waals surface area (Å²) in [5.41, 5.74) is 2.86. The molecule has 4 nitrogen and oxygen atoms in total. The van der Waals surface area contributed by atoms with Gasteiger partial charge in [0, 0.05) is 5.56 Å². The first kappa shape index (κ1) is 15.9. The molecule has 0 bridgehead atoms. The van der Waals surface area contributed by atoms with Crippen LogP contribution in [0, 0.1) is 0 Å². The Bertz CT molecular complexity index is 798. The van der Waals surface area contributed by atoms with Crippen molar-refractivity contribution in [3.05, 3.63) is 65.7 Å². The van der Waals surface area contributed by atoms with E-state index in [-0.39, 0.29) is 11.6 Å². The number of hydrogen-bond donors (Lipinski definition) is 1. The van der Waals surface area contributed by atoms with E-state index in [0.717, 1.165) is 11.1 Å². The lowest BCUT2D eigenvalue weighted by atomic mass is 10.0. The Labute approximate surface area is 136 Å². The van der Waals surface area contributed by atoms with E-state index >= 15 is 0 Å². The molecule has 0 fully saturated rings. The van der Waals surface area contributed by atoms with Crippen LogP contribution in [-0.4, -0.2) is 17.4 Å². The number of benzene rings is 2. The molecule has 1 N–H and O–H groups in total. The lowest BCUT2D eigenvalue weighted by molar-refractivity contribution is -0.274. The van der Waals surface area contributed by atoms with Crippen molar-refractivity contribution >= 4 is 17.7 Å². The highest BCUT2D eigenvalue weighted by Gasteiger charge is 2.31. The molecule has 1 heterocycles. The Morgan fingerprint density at radius 3 is 2.50 bits per heavy atom. The van der Waals surface area contributed by atoms with Gasteiger partial charge in [0.15, 0.2) is 0 Å². The van der Waals surface area contributed by atoms with Crippen LogP contribution in [-0.2, 0) is 6.54 Å². The predicted octanol–water partition coefficient (Wildman–Crippen LogP) is 4.47. The predicted molar refractivity (Wildman–Crippen MR) is 85.0 cm³/mol. The molecular weight excluding hydrogens is 321 g/mol. The number of anilines is 1. The third-order valence-electron chi connectivity index (χ3n) is 3.51. The van der Waals surface area contributed by atoms with Crippen LogP contribution in [0.2, 0.25) is 0 Å². The molecule has 2 aromatic rings. The van der Waals surface area contributed by atoms with Gasteiger partial charge in [0.25, 0.3) is 0 Å². The van der Waals surface area contributed by atoms with E-state index in [0.29, 0.717) is 17.8 Å². The summed E-state index contributed by atoms with van der Waals surface area (Å²) in [7, 11) is 0. The summed E-state index contributed by atoms with van der Waals surface area (Å²) >= 11 is 0. The Balaban J connectivity index is 1.84. The molecule has 0 unspecified atom stereocenters. The zero-order valence-electron chi connectivity index (χ0n) is 12.4. The average molecular weight is 334 g/mol. The molecule has 0 amide bonds. The minimum Gasteiger partial charge on any atom is -0.492 e. The highest BCUT2D eigenvalue weighted by molar-refractivity contribution is 5.96. The number of fused-ring (bicyclic) bond motifs is 1. The maximum Gasteiger partial charge on any atom is 0.573 e. The van der Waals surface area contributed by atoms with Gasteiger partial charge in [-0.1, -0.05) is 24.8 Å². The Kier molecular flexibility index (Phi) is 3.92. The molecule has 0 spiro atoms. The Hall–Kier alpha value is -2.96. The average Bonchev–Trinajstić information content (AvgIpc) is 2.53. The van der Waals surface area contributed by atoms with Crippen LogP contribution >= 0.6 is 0 Å². The number of aliphatic hydroxyl groups is 1. The van der Waals surface area contributed by atoms with Gasteiger partial charge in [-0.15, -0.1) is 18.3 Å². The number of halogens is 3. The second kappa shape index (κ2) is 5.92. The third kappa shape index (κ3) is 3.34. The summed E-state index contributed by atoms with van der Waals surface area (Å²) in [5, 5.41) is 15.7. The van der Waals surface area contributed by atoms with Crippen molar-refractivity contribution < 1.29 is 23.0 Å². The van der Waals surface area contributed by atoms with Crippen LogP contribution in [0.3, 0.4) is 0 Å². The Morgan fingerprint density at radius 2 is 1.88 bits per heavy atom. The molecule has 124 valence electrons. The summed E-state index contributed by atoms with van der Waals surface area (Å²) in [6.07, 6.45) is -3.07. The van der Waals surface area contributed by atoms with Crippen LogP contribution in [0.5, 0.6) is 5.75 Å². The molecule has 2 aromatic carbocycles. The number of nitrogens with zero attached hydrogens (tertiary/aromatic N) is 2. The van der Waals surface area contributed by atoms with E-state index < -0.39 is 6.36 Å². The quantitative estimate of drug-likeness (QED) is 0.901. The van der Waals surface area contributed by atoms with E-state index in [4.69, 9.17) is 0 Å². The second-order valence-electron chi connectivity index (χ2n) is 5.14. The minimum absolute atomic E-state index is 0.157. The molecule has 7 heteroatoms. The van der Waals surface area contributed by atoms with Crippen molar-refractivity contribution in [2.45, 2.75) is 12.9 Å². The minimum atomic E-state index is -4.73. The molecule has 1 aliphatic heterocycles. The number of alkyl halides is 3. The topological polar surface area (TPSA) is 45.1 Å². The van der Waals surface area contributed by atoms with Gasteiger partial charge in [-0.3, -0.25) is 5.01 Å². The van der Waals surface area contributed by atoms with Gasteiger partial charge >= 0.3 is 6.36 Å². The first-order chi connectivity index (χ1) is 11.4. The molecule has 0 aromatic heterocycles. The molecule has 3 rings (SSSR count). The van der Waals surface area contributed by atoms with Crippen molar-refractivity contribution in [1.29, 1.82) is 0 Å². The van der Waals surface area contributed by atoms with Crippen LogP contribution < -0.4 is 9.75 Å². The number of aliphatic hydroxyl groups excluding tert-OH is 1. The fourth-order valence-electron chi connectivity index (χ4n) is 2.40. The van der Waals surface area contributed by atoms with E-state index in [9.17, 15) is 18.3 Å². The van der Waals surface area contributed by atoms with Crippen LogP contribution in [0.25, 0.3) is 6.08 Å². The van der Waals surface area contributed by atoms with Crippen molar-refractivity contribution in [3.63, 3.8) is 0 Å². The van der Waals surface area contributed by atoms with Crippen LogP contribution in [0.1, 0.15) is 16.7 Å². The van der Waals surface area contributed by atoms with Gasteiger partial charge in [0.2, 0.25) is 5.90 Å². The molecule has 0 atom stereocenters. The second-order valence-corrected chi connectivity index (χ2v) is 5.14. The van der Waals surface area contributed by atoms with Crippen molar-refractivity contribution in [1.82, 2.24) is 0 Å². The largest absolute Gasteiger partial charge is 0.573 e. The smallest absolute Gasteiger partial charge is 0.492 e. The van der Waals surface area contributed by atoms with Gasteiger partial charge in [-0.25, -0.2) is 0 Å². The normalized spacial score (nSPS) is 14.0. The molecular formula is C17H13F3N2O2. The van der Waals surface area contributed by atoms with Crippen molar-refractivity contribution in [2.75, 3.05) is 5.01 Å². The van der Waals surface area contributed by atoms with E-state index in [2.05, 4.69) is 16.4 Å². The first-order valence-corrected chi connectivity index (χ1v) is 7.02. The van der Waals surface area contributed by atoms with Gasteiger partial charge in [-0.05, 0) is 41.5 Å². The molecule has 24 heavy (non-hydrogen) atoms. The van der Waals surface area contributed by atoms with Gasteiger partial charge < -0.3 is 9.84 Å². The maximum absolute atomic E-state index is 12.2. The van der Waals surface area contributed by atoms with Crippen molar-refractivity contribution in [3.8, 4) is 5.75 Å². The molecule has 1 aliphatic rings. The maximum atomic E-state index is 12.2. The molecule has 0 saturated heterocycles. The summed E-state index contributed by atoms with van der Waals surface area (Å²) in [5.74, 6) is -0.469. The van der Waals surface area contributed by atoms with Gasteiger partial charge in [-0.2, -0.15) is 0 Å². The van der Waals surface area contributed by atoms with E-state index in [1.54, 1.807) is 12.1 Å². The highest BCUT2D eigenvalue weighted by atomic mass is 19.4. The van der Waals surface area contributed by atoms with Gasteiger partial charge in [0.05, 0.1) is 12.2 Å². The summed E-state index contributed by atoms with van der Waals surface area (Å²) in [4.78, 5) is 0. The Morgan fingerprint density at radius 1 is 1.17 bits per heavy atom. The fourth-order valence-corrected chi connectivity index (χ4v) is 2.40. The monoisotopic (exact) mass is 334 g/mol. The molecule has 0 saturated carbocycles. The zero-order valence-corrected chi connectivity index (χ0v) is 12.4. The highest BCUT2D eigenvalue weighted by Crippen LogP contribution is 2.28. The molecule has 0 aliphatic carbocycles. The number of hydrogen-bond acceptors (Lipinski definition) is 3.